The Balaban J connectivity index is 4.26. The van der Waals surface area contributed by atoms with Gasteiger partial charge in [-0.15, -0.1) is 0 Å². The first-order valence-corrected chi connectivity index (χ1v) is 3.30. The largest absolute Gasteiger partial charge is 0.326 e. The number of nitrogens with zero attached hydrogens (tertiary/aromatic N) is 1. The molecule has 0 aliphatic heterocycles. The van der Waals surface area contributed by atoms with E-state index in [9.17, 15) is 12.6 Å². The molecule has 0 fully saturated rings. The summed E-state index contributed by atoms with van der Waals surface area (Å²) in [5, 5.41) is 4.41. The molecule has 0 aliphatic carbocycles. The lowest BCUT2D eigenvalue weighted by molar-refractivity contribution is 0.623. The summed E-state index contributed by atoms with van der Waals surface area (Å²) in [6.45, 7) is 0. The number of hydrogen-bond donors (Lipinski definition) is 1. The molecular weight excluding hydrogens is 140 g/mol. The third-order valence-corrected chi connectivity index (χ3v) is 1.21. The molecule has 0 radical (unpaired) electrons. The molecule has 7 heteroatoms. The van der Waals surface area contributed by atoms with Gasteiger partial charge in [-0.1, -0.05) is 3.77 Å². The Kier molecular flexibility index (Phi) is 2.72. The lowest BCUT2D eigenvalue weighted by Crippen LogP contribution is -1.95. The minimum absolute atomic E-state index is 2.08. The van der Waals surface area contributed by atoms with Crippen LogP contribution in [0.5, 0.6) is 0 Å². The van der Waals surface area contributed by atoms with Crippen LogP contribution in [-0.4, -0.2) is 12.6 Å². The summed E-state index contributed by atoms with van der Waals surface area (Å²) in [5.74, 6) is 0. The number of rotatable bonds is 1. The van der Waals surface area contributed by atoms with Crippen LogP contribution in [0.4, 0.5) is 0 Å². The minimum Gasteiger partial charge on any atom is -0.231 e. The Morgan fingerprint density at radius 2 is 1.71 bits per heavy atom. The Labute approximate surface area is 44.0 Å². The monoisotopic (exact) mass is 142 g/mol. The Hall–Kier alpha value is -0.270. The fraction of sp³-hybridized carbons (Fsp3) is 0. The van der Waals surface area contributed by atoms with Gasteiger partial charge < -0.3 is 0 Å². The summed E-state index contributed by atoms with van der Waals surface area (Å²) in [5.41, 5.74) is 0. The van der Waals surface area contributed by atoms with Crippen molar-refractivity contribution in [3.05, 3.63) is 0 Å². The van der Waals surface area contributed by atoms with Crippen LogP contribution in [0.15, 0.2) is 3.77 Å². The summed E-state index contributed by atoms with van der Waals surface area (Å²) in [6.07, 6.45) is 0. The van der Waals surface area contributed by atoms with Gasteiger partial charge in [0.15, 0.2) is 0 Å². The zero-order chi connectivity index (χ0) is 5.86. The van der Waals surface area contributed by atoms with E-state index in [1.165, 1.54) is 0 Å². The van der Waals surface area contributed by atoms with Crippen molar-refractivity contribution in [2.45, 2.75) is 0 Å². The van der Waals surface area contributed by atoms with Gasteiger partial charge >= 0.3 is 10.5 Å². The molecule has 0 amide bonds. The molecule has 0 aliphatic rings. The molecule has 0 heterocycles. The fourth-order valence-electron chi connectivity index (χ4n) is 0.0600. The normalized spacial score (nSPS) is 12.7. The molecule has 0 saturated carbocycles. The Morgan fingerprint density at radius 1 is 1.29 bits per heavy atom. The van der Waals surface area contributed by atoms with Crippen molar-refractivity contribution in [2.24, 2.45) is 8.91 Å². The van der Waals surface area contributed by atoms with Gasteiger partial charge in [-0.25, -0.2) is 9.35 Å². The van der Waals surface area contributed by atoms with Crippen molar-refractivity contribution in [3.63, 3.8) is 0 Å². The predicted molar refractivity (Wildman–Crippen MR) is 23.7 cm³/mol. The quantitative estimate of drug-likeness (QED) is 0.487. The second kappa shape index (κ2) is 2.83. The van der Waals surface area contributed by atoms with E-state index in [0.717, 1.165) is 0 Å². The number of hydrogen-bond acceptors (Lipinski definition) is 3. The molecule has 5 nitrogen and oxygen atoms in total. The van der Waals surface area contributed by atoms with Crippen LogP contribution >= 0.6 is 0 Å². The van der Waals surface area contributed by atoms with Gasteiger partial charge in [-0.3, -0.25) is 0 Å². The van der Waals surface area contributed by atoms with Crippen molar-refractivity contribution in [3.8, 4) is 0 Å². The maximum Gasteiger partial charge on any atom is 0.326 e. The smallest absolute Gasteiger partial charge is 0.231 e. The average molecular weight is 142 g/mol. The van der Waals surface area contributed by atoms with E-state index in [0.29, 0.717) is 0 Å². The summed E-state index contributed by atoms with van der Waals surface area (Å²) < 4.78 is 30.8. The summed E-state index contributed by atoms with van der Waals surface area (Å²) >= 11 is -2.08. The van der Waals surface area contributed by atoms with Crippen molar-refractivity contribution in [1.29, 1.82) is 0 Å². The second-order valence-corrected chi connectivity index (χ2v) is 2.15. The molecule has 0 aromatic heterocycles. The third-order valence-electron chi connectivity index (χ3n) is 0.134. The zero-order valence-electron chi connectivity index (χ0n) is 3.07. The van der Waals surface area contributed by atoms with Crippen LogP contribution in [-0.2, 0) is 21.7 Å². The molecule has 0 bridgehead atoms. The van der Waals surface area contributed by atoms with Crippen LogP contribution in [0.25, 0.3) is 0 Å². The van der Waals surface area contributed by atoms with Gasteiger partial charge in [0.05, 0.1) is 0 Å². The molecule has 1 atom stereocenters. The van der Waals surface area contributed by atoms with Crippen molar-refractivity contribution in [2.75, 3.05) is 0 Å². The van der Waals surface area contributed by atoms with Crippen molar-refractivity contribution >= 4 is 21.7 Å². The van der Waals surface area contributed by atoms with E-state index in [2.05, 4.69) is 8.91 Å². The maximum atomic E-state index is 9.58. The molecule has 0 spiro atoms. The first-order valence-electron chi connectivity index (χ1n) is 1.10. The molecule has 7 heavy (non-hydrogen) atoms. The number of nitrogens with two attached hydrogens (primary N) is 1. The second-order valence-electron chi connectivity index (χ2n) is 0.568. The fourth-order valence-corrected chi connectivity index (χ4v) is 0.540. The van der Waals surface area contributed by atoms with E-state index >= 15 is 0 Å². The van der Waals surface area contributed by atoms with Gasteiger partial charge in [-0.2, -0.15) is 8.42 Å². The topological polar surface area (TPSA) is 89.6 Å². The van der Waals surface area contributed by atoms with E-state index in [1.807, 2.05) is 0 Å². The van der Waals surface area contributed by atoms with Gasteiger partial charge in [0.2, 0.25) is 11.2 Å². The van der Waals surface area contributed by atoms with Crippen molar-refractivity contribution in [1.82, 2.24) is 0 Å². The Bertz CT molecular complexity index is 179. The maximum absolute atomic E-state index is 9.58. The van der Waals surface area contributed by atoms with Gasteiger partial charge in [0.25, 0.3) is 0 Å². The van der Waals surface area contributed by atoms with E-state index in [-0.39, 0.29) is 0 Å². The van der Waals surface area contributed by atoms with Crippen LogP contribution < -0.4 is 5.14 Å². The van der Waals surface area contributed by atoms with Crippen LogP contribution in [0.2, 0.25) is 0 Å². The summed E-state index contributed by atoms with van der Waals surface area (Å²) in [7, 11) is -2.65. The molecule has 0 rings (SSSR count). The van der Waals surface area contributed by atoms with Crippen LogP contribution in [0, 0.1) is 0 Å². The molecule has 1 unspecified atom stereocenters. The van der Waals surface area contributed by atoms with Gasteiger partial charge in [0, 0.05) is 0 Å². The standard InChI is InChI=1S/H2N2O3S2/c1-6(3)2-7(4)5/h1H2. The van der Waals surface area contributed by atoms with Crippen LogP contribution in [0.1, 0.15) is 0 Å². The van der Waals surface area contributed by atoms with E-state index < -0.39 is 21.7 Å². The molecule has 2 N–H and O–H groups in total. The molecule has 0 saturated heterocycles. The molecule has 42 valence electrons. The van der Waals surface area contributed by atoms with E-state index in [4.69, 9.17) is 0 Å². The first kappa shape index (κ1) is 6.73. The van der Waals surface area contributed by atoms with E-state index in [1.54, 1.807) is 0 Å². The summed E-state index contributed by atoms with van der Waals surface area (Å²) in [6, 6.07) is 0. The SMILES string of the molecule is NS(=O)N=S(=O)=O. The highest BCUT2D eigenvalue weighted by Crippen LogP contribution is 1.63. The lowest BCUT2D eigenvalue weighted by atomic mass is 13.9. The first-order chi connectivity index (χ1) is 3.13. The predicted octanol–water partition coefficient (Wildman–Crippen LogP) is -1.41. The third kappa shape index (κ3) is 5.73. The lowest BCUT2D eigenvalue weighted by Gasteiger charge is -1.65. The summed E-state index contributed by atoms with van der Waals surface area (Å²) in [4.78, 5) is 0. The molecule has 0 aromatic carbocycles. The molecular formula is H2N2O3S2. The average Bonchev–Trinajstić information content (AvgIpc) is 1.27. The minimum atomic E-state index is -2.65. The highest BCUT2D eigenvalue weighted by Gasteiger charge is 1.77. The van der Waals surface area contributed by atoms with Crippen molar-refractivity contribution < 1.29 is 12.6 Å². The zero-order valence-corrected chi connectivity index (χ0v) is 4.70. The molecule has 0 aromatic rings. The van der Waals surface area contributed by atoms with Gasteiger partial charge in [-0.05, 0) is 0 Å². The highest BCUT2D eigenvalue weighted by molar-refractivity contribution is 7.86. The van der Waals surface area contributed by atoms with Crippen LogP contribution in [0.3, 0.4) is 0 Å². The highest BCUT2D eigenvalue weighted by atomic mass is 32.2. The Morgan fingerprint density at radius 3 is 1.71 bits per heavy atom. The van der Waals surface area contributed by atoms with Gasteiger partial charge in [0.1, 0.15) is 0 Å².